The van der Waals surface area contributed by atoms with E-state index in [1.54, 1.807) is 0 Å². The predicted octanol–water partition coefficient (Wildman–Crippen LogP) is 2.05. The van der Waals surface area contributed by atoms with Gasteiger partial charge in [0.1, 0.15) is 5.75 Å². The Kier molecular flexibility index (Phi) is 2.28. The van der Waals surface area contributed by atoms with Crippen molar-refractivity contribution in [2.45, 2.75) is 0 Å². The summed E-state index contributed by atoms with van der Waals surface area (Å²) in [6, 6.07) is 1.03. The number of carbonyl (C=O) groups is 1. The van der Waals surface area contributed by atoms with Crippen LogP contribution in [0.25, 0.3) is 0 Å². The predicted molar refractivity (Wildman–Crippen MR) is 38.2 cm³/mol. The van der Waals surface area contributed by atoms with Crippen molar-refractivity contribution >= 4 is 16.8 Å². The Hall–Kier alpha value is -1.16. The van der Waals surface area contributed by atoms with Gasteiger partial charge in [-0.3, -0.25) is 4.79 Å². The molecule has 0 aliphatic heterocycles. The van der Waals surface area contributed by atoms with Crippen LogP contribution in [0.3, 0.4) is 0 Å². The van der Waals surface area contributed by atoms with Gasteiger partial charge in [-0.05, 0) is 17.7 Å². The highest BCUT2D eigenvalue weighted by molar-refractivity contribution is 6.68. The summed E-state index contributed by atoms with van der Waals surface area (Å²) in [4.78, 5) is 10.4. The van der Waals surface area contributed by atoms with Crippen LogP contribution in [0, 0.1) is 11.6 Å². The maximum atomic E-state index is 12.4. The van der Waals surface area contributed by atoms with E-state index in [1.165, 1.54) is 0 Å². The van der Waals surface area contributed by atoms with E-state index in [0.29, 0.717) is 12.1 Å². The second kappa shape index (κ2) is 3.06. The fraction of sp³-hybridized carbons (Fsp3) is 0. The molecule has 0 unspecified atom stereocenters. The average Bonchev–Trinajstić information content (AvgIpc) is 1.96. The van der Waals surface area contributed by atoms with E-state index in [-0.39, 0.29) is 0 Å². The average molecular weight is 193 g/mol. The fourth-order valence-electron chi connectivity index (χ4n) is 0.694. The van der Waals surface area contributed by atoms with Gasteiger partial charge in [0.25, 0.3) is 5.24 Å². The number of carbonyl (C=O) groups excluding carboxylic acids is 1. The molecule has 0 fully saturated rings. The van der Waals surface area contributed by atoms with Crippen LogP contribution in [-0.2, 0) is 0 Å². The molecule has 0 saturated heterocycles. The van der Waals surface area contributed by atoms with Gasteiger partial charge in [0.2, 0.25) is 0 Å². The van der Waals surface area contributed by atoms with Gasteiger partial charge in [0.05, 0.1) is 5.56 Å². The number of halogens is 3. The molecule has 0 spiro atoms. The Labute approximate surface area is 71.4 Å². The van der Waals surface area contributed by atoms with Crippen molar-refractivity contribution in [3.63, 3.8) is 0 Å². The van der Waals surface area contributed by atoms with Crippen molar-refractivity contribution in [3.05, 3.63) is 29.3 Å². The highest BCUT2D eigenvalue weighted by Gasteiger charge is 2.13. The molecule has 1 aromatic rings. The van der Waals surface area contributed by atoms with Gasteiger partial charge in [-0.1, -0.05) is 0 Å². The van der Waals surface area contributed by atoms with Gasteiger partial charge < -0.3 is 5.11 Å². The number of rotatable bonds is 1. The van der Waals surface area contributed by atoms with Crippen molar-refractivity contribution in [2.75, 3.05) is 0 Å². The summed E-state index contributed by atoms with van der Waals surface area (Å²) in [5, 5.41) is 7.84. The quantitative estimate of drug-likeness (QED) is 0.692. The second-order valence-electron chi connectivity index (χ2n) is 2.06. The van der Waals surface area contributed by atoms with Crippen LogP contribution in [0.2, 0.25) is 0 Å². The molecular weight excluding hydrogens is 190 g/mol. The van der Waals surface area contributed by atoms with E-state index in [9.17, 15) is 13.6 Å². The Bertz CT molecular complexity index is 338. The molecule has 1 rings (SSSR count). The van der Waals surface area contributed by atoms with Gasteiger partial charge in [-0.25, -0.2) is 8.78 Å². The van der Waals surface area contributed by atoms with Crippen molar-refractivity contribution in [1.82, 2.24) is 0 Å². The molecule has 0 saturated carbocycles. The molecule has 2 nitrogen and oxygen atoms in total. The third-order valence-electron chi connectivity index (χ3n) is 1.25. The van der Waals surface area contributed by atoms with Crippen LogP contribution in [0.1, 0.15) is 10.4 Å². The summed E-state index contributed by atoms with van der Waals surface area (Å²) in [6.07, 6.45) is 0. The van der Waals surface area contributed by atoms with Crippen LogP contribution >= 0.6 is 11.6 Å². The van der Waals surface area contributed by atoms with Gasteiger partial charge >= 0.3 is 0 Å². The lowest BCUT2D eigenvalue weighted by Crippen LogP contribution is -1.93. The Morgan fingerprint density at radius 2 is 1.83 bits per heavy atom. The summed E-state index contributed by atoms with van der Waals surface area (Å²) < 4.78 is 24.8. The third kappa shape index (κ3) is 1.53. The molecule has 5 heteroatoms. The minimum absolute atomic E-state index is 0.449. The Morgan fingerprint density at radius 3 is 2.33 bits per heavy atom. The molecule has 0 amide bonds. The normalized spacial score (nSPS) is 9.92. The van der Waals surface area contributed by atoms with Crippen LogP contribution in [-0.4, -0.2) is 10.3 Å². The molecule has 0 aliphatic rings. The first kappa shape index (κ1) is 8.93. The minimum atomic E-state index is -1.23. The number of phenols is 1. The van der Waals surface area contributed by atoms with E-state index < -0.39 is 28.2 Å². The topological polar surface area (TPSA) is 37.3 Å². The summed E-state index contributed by atoms with van der Waals surface area (Å²) in [6.45, 7) is 0. The summed E-state index contributed by atoms with van der Waals surface area (Å²) >= 11 is 4.94. The van der Waals surface area contributed by atoms with E-state index in [2.05, 4.69) is 0 Å². The first-order valence-corrected chi connectivity index (χ1v) is 3.28. The van der Waals surface area contributed by atoms with Gasteiger partial charge in [-0.15, -0.1) is 0 Å². The zero-order valence-corrected chi connectivity index (χ0v) is 6.40. The lowest BCUT2D eigenvalue weighted by molar-refractivity contribution is 0.107. The molecule has 0 aromatic heterocycles. The largest absolute Gasteiger partial charge is 0.507 e. The monoisotopic (exact) mass is 192 g/mol. The number of hydrogen-bond donors (Lipinski definition) is 1. The highest BCUT2D eigenvalue weighted by atomic mass is 35.5. The molecule has 12 heavy (non-hydrogen) atoms. The Balaban J connectivity index is 3.33. The van der Waals surface area contributed by atoms with Crippen molar-refractivity contribution < 1.29 is 18.7 Å². The zero-order chi connectivity index (χ0) is 9.30. The molecule has 0 bridgehead atoms. The first-order valence-electron chi connectivity index (χ1n) is 2.90. The number of benzene rings is 1. The minimum Gasteiger partial charge on any atom is -0.507 e. The van der Waals surface area contributed by atoms with Crippen LogP contribution in [0.15, 0.2) is 12.1 Å². The highest BCUT2D eigenvalue weighted by Crippen LogP contribution is 2.22. The van der Waals surface area contributed by atoms with E-state index in [0.717, 1.165) is 0 Å². The van der Waals surface area contributed by atoms with E-state index >= 15 is 0 Å². The second-order valence-corrected chi connectivity index (χ2v) is 2.40. The molecule has 0 atom stereocenters. The third-order valence-corrected chi connectivity index (χ3v) is 1.45. The lowest BCUT2D eigenvalue weighted by Gasteiger charge is -1.99. The van der Waals surface area contributed by atoms with Crippen LogP contribution in [0.5, 0.6) is 5.75 Å². The van der Waals surface area contributed by atoms with E-state index in [4.69, 9.17) is 16.7 Å². The molecule has 1 N–H and O–H groups in total. The van der Waals surface area contributed by atoms with Crippen LogP contribution in [0.4, 0.5) is 8.78 Å². The maximum absolute atomic E-state index is 12.4. The summed E-state index contributed by atoms with van der Waals surface area (Å²) in [7, 11) is 0. The smallest absolute Gasteiger partial charge is 0.256 e. The lowest BCUT2D eigenvalue weighted by atomic mass is 10.2. The van der Waals surface area contributed by atoms with Crippen LogP contribution < -0.4 is 0 Å². The number of hydrogen-bond acceptors (Lipinski definition) is 2. The molecule has 0 radical (unpaired) electrons. The SMILES string of the molecule is O=C(Cl)c1cc(F)c(F)cc1O. The van der Waals surface area contributed by atoms with Gasteiger partial charge in [0, 0.05) is 6.07 Å². The fourth-order valence-corrected chi connectivity index (χ4v) is 0.845. The zero-order valence-electron chi connectivity index (χ0n) is 5.64. The summed E-state index contributed by atoms with van der Waals surface area (Å²) in [5.74, 6) is -3.13. The molecule has 0 heterocycles. The van der Waals surface area contributed by atoms with Crippen molar-refractivity contribution in [2.24, 2.45) is 0 Å². The van der Waals surface area contributed by atoms with Crippen molar-refractivity contribution in [3.8, 4) is 5.75 Å². The molecular formula is C7H3ClF2O2. The number of aromatic hydroxyl groups is 1. The van der Waals surface area contributed by atoms with Crippen molar-refractivity contribution in [1.29, 1.82) is 0 Å². The molecule has 1 aromatic carbocycles. The molecule has 64 valence electrons. The Morgan fingerprint density at radius 1 is 1.33 bits per heavy atom. The summed E-state index contributed by atoms with van der Waals surface area (Å²) in [5.41, 5.74) is -0.449. The number of phenolic OH excluding ortho intramolecular Hbond substituents is 1. The van der Waals surface area contributed by atoms with Gasteiger partial charge in [-0.2, -0.15) is 0 Å². The van der Waals surface area contributed by atoms with Gasteiger partial charge in [0.15, 0.2) is 11.6 Å². The molecule has 0 aliphatic carbocycles. The first-order chi connectivity index (χ1) is 5.52. The van der Waals surface area contributed by atoms with E-state index in [1.807, 2.05) is 0 Å². The standard InChI is InChI=1S/C7H3ClF2O2/c8-7(12)3-1-4(9)5(10)2-6(3)11/h1-2,11H. The maximum Gasteiger partial charge on any atom is 0.256 e.